The molecule has 0 atom stereocenters. The first-order valence-corrected chi connectivity index (χ1v) is 9.32. The zero-order valence-electron chi connectivity index (χ0n) is 16.6. The minimum absolute atomic E-state index is 0.200. The highest BCUT2D eigenvalue weighted by Gasteiger charge is 2.41. The normalized spacial score (nSPS) is 14.9. The van der Waals surface area contributed by atoms with E-state index in [1.54, 1.807) is 24.4 Å². The summed E-state index contributed by atoms with van der Waals surface area (Å²) in [5.41, 5.74) is 7.52. The third kappa shape index (κ3) is 5.29. The Balaban J connectivity index is 1.57. The zero-order chi connectivity index (χ0) is 21.0. The quantitative estimate of drug-likeness (QED) is 0.401. The summed E-state index contributed by atoms with van der Waals surface area (Å²) in [4.78, 5) is 17.6. The third-order valence-electron chi connectivity index (χ3n) is 4.72. The lowest BCUT2D eigenvalue weighted by Crippen LogP contribution is -2.61. The number of hydrogen-bond donors (Lipinski definition) is 2. The highest BCUT2D eigenvalue weighted by atomic mass is 19.1. The lowest BCUT2D eigenvalue weighted by Gasteiger charge is -2.49. The van der Waals surface area contributed by atoms with E-state index >= 15 is 0 Å². The Morgan fingerprint density at radius 3 is 2.79 bits per heavy atom. The molecule has 0 saturated carbocycles. The molecule has 1 fully saturated rings. The van der Waals surface area contributed by atoms with Gasteiger partial charge in [-0.1, -0.05) is 12.1 Å². The standard InChI is InChI=1S/C21H25FN4O3/c1-14-8-15(6-7-25-14)10-29-21(2)12-26(13-21)17-5-3-4-16(20(17)22)11-28-19(27)9-18(23)24/h3-8H,9-13H2,1-2H3,(H3,23,24). The van der Waals surface area contributed by atoms with Crippen molar-refractivity contribution in [3.8, 4) is 0 Å². The fraction of sp³-hybridized carbons (Fsp3) is 0.381. The molecular weight excluding hydrogens is 375 g/mol. The van der Waals surface area contributed by atoms with Crippen LogP contribution in [0.2, 0.25) is 0 Å². The number of nitrogens with one attached hydrogen (secondary N) is 1. The number of aromatic nitrogens is 1. The van der Waals surface area contributed by atoms with Gasteiger partial charge in [-0.2, -0.15) is 0 Å². The van der Waals surface area contributed by atoms with Gasteiger partial charge < -0.3 is 20.1 Å². The molecular formula is C21H25FN4O3. The SMILES string of the molecule is Cc1cc(COC2(C)CN(c3cccc(COC(=O)CC(=N)N)c3F)C2)ccn1. The predicted octanol–water partition coefficient (Wildman–Crippen LogP) is 2.69. The molecule has 1 aromatic heterocycles. The van der Waals surface area contributed by atoms with Crippen LogP contribution < -0.4 is 10.6 Å². The van der Waals surface area contributed by atoms with E-state index < -0.39 is 11.8 Å². The van der Waals surface area contributed by atoms with Crippen LogP contribution >= 0.6 is 0 Å². The second-order valence-electron chi connectivity index (χ2n) is 7.51. The van der Waals surface area contributed by atoms with Crippen LogP contribution in [0.5, 0.6) is 0 Å². The molecule has 3 rings (SSSR count). The first-order valence-electron chi connectivity index (χ1n) is 9.32. The van der Waals surface area contributed by atoms with Gasteiger partial charge in [0.15, 0.2) is 5.82 Å². The highest BCUT2D eigenvalue weighted by molar-refractivity contribution is 5.94. The van der Waals surface area contributed by atoms with Gasteiger partial charge in [0.1, 0.15) is 24.5 Å². The number of carbonyl (C=O) groups excluding carboxylic acids is 1. The van der Waals surface area contributed by atoms with E-state index in [1.165, 1.54) is 0 Å². The van der Waals surface area contributed by atoms with Crippen LogP contribution in [0.3, 0.4) is 0 Å². The summed E-state index contributed by atoms with van der Waals surface area (Å²) in [6.07, 6.45) is 1.45. The molecule has 0 radical (unpaired) electrons. The number of pyridine rings is 1. The molecule has 1 saturated heterocycles. The highest BCUT2D eigenvalue weighted by Crippen LogP contribution is 2.33. The van der Waals surface area contributed by atoms with Crippen LogP contribution in [0, 0.1) is 18.2 Å². The maximum Gasteiger partial charge on any atom is 0.313 e. The summed E-state index contributed by atoms with van der Waals surface area (Å²) in [7, 11) is 0. The maximum absolute atomic E-state index is 14.9. The predicted molar refractivity (Wildman–Crippen MR) is 107 cm³/mol. The van der Waals surface area contributed by atoms with Crippen LogP contribution in [-0.4, -0.2) is 35.5 Å². The van der Waals surface area contributed by atoms with Crippen molar-refractivity contribution in [2.75, 3.05) is 18.0 Å². The first-order chi connectivity index (χ1) is 13.8. The fourth-order valence-electron chi connectivity index (χ4n) is 3.26. The Labute approximate surface area is 169 Å². The van der Waals surface area contributed by atoms with Crippen molar-refractivity contribution in [3.05, 3.63) is 59.2 Å². The molecule has 0 amide bonds. The number of carbonyl (C=O) groups is 1. The molecule has 0 bridgehead atoms. The molecule has 8 heteroatoms. The monoisotopic (exact) mass is 400 g/mol. The molecule has 2 heterocycles. The van der Waals surface area contributed by atoms with Gasteiger partial charge in [-0.3, -0.25) is 15.2 Å². The molecule has 0 unspecified atom stereocenters. The van der Waals surface area contributed by atoms with Crippen molar-refractivity contribution in [3.63, 3.8) is 0 Å². The summed E-state index contributed by atoms with van der Waals surface area (Å²) in [6.45, 7) is 5.33. The Bertz CT molecular complexity index is 913. The number of halogens is 1. The molecule has 1 aromatic carbocycles. The van der Waals surface area contributed by atoms with Gasteiger partial charge in [0, 0.05) is 30.5 Å². The Hall–Kier alpha value is -3.00. The molecule has 1 aliphatic rings. The van der Waals surface area contributed by atoms with Crippen LogP contribution in [0.1, 0.15) is 30.2 Å². The molecule has 1 aliphatic heterocycles. The van der Waals surface area contributed by atoms with E-state index in [9.17, 15) is 9.18 Å². The average Bonchev–Trinajstić information content (AvgIpc) is 2.63. The number of ether oxygens (including phenoxy) is 2. The van der Waals surface area contributed by atoms with Crippen LogP contribution in [0.25, 0.3) is 0 Å². The summed E-state index contributed by atoms with van der Waals surface area (Å²) in [5.74, 6) is -1.36. The van der Waals surface area contributed by atoms with Crippen LogP contribution in [0.4, 0.5) is 10.1 Å². The molecule has 154 valence electrons. The number of benzene rings is 1. The lowest BCUT2D eigenvalue weighted by molar-refractivity contribution is -0.143. The van der Waals surface area contributed by atoms with Gasteiger partial charge in [0.05, 0.1) is 12.3 Å². The Morgan fingerprint density at radius 1 is 1.34 bits per heavy atom. The van der Waals surface area contributed by atoms with E-state index in [-0.39, 0.29) is 30.0 Å². The number of aryl methyl sites for hydroxylation is 1. The zero-order valence-corrected chi connectivity index (χ0v) is 16.6. The minimum Gasteiger partial charge on any atom is -0.460 e. The van der Waals surface area contributed by atoms with Crippen molar-refractivity contribution in [1.82, 2.24) is 4.98 Å². The summed E-state index contributed by atoms with van der Waals surface area (Å²) < 4.78 is 25.9. The molecule has 0 spiro atoms. The second-order valence-corrected chi connectivity index (χ2v) is 7.51. The van der Waals surface area contributed by atoms with Crippen molar-refractivity contribution in [2.24, 2.45) is 5.73 Å². The molecule has 7 nitrogen and oxygen atoms in total. The van der Waals surface area contributed by atoms with Crippen LogP contribution in [-0.2, 0) is 27.5 Å². The first kappa shape index (κ1) is 20.7. The van der Waals surface area contributed by atoms with Crippen molar-refractivity contribution >= 4 is 17.5 Å². The number of rotatable bonds is 8. The van der Waals surface area contributed by atoms with Crippen LogP contribution in [0.15, 0.2) is 36.5 Å². The largest absolute Gasteiger partial charge is 0.460 e. The minimum atomic E-state index is -0.654. The molecule has 29 heavy (non-hydrogen) atoms. The second kappa shape index (κ2) is 8.57. The molecule has 3 N–H and O–H groups in total. The maximum atomic E-state index is 14.9. The summed E-state index contributed by atoms with van der Waals surface area (Å²) in [6, 6.07) is 8.89. The number of amidine groups is 1. The summed E-state index contributed by atoms with van der Waals surface area (Å²) >= 11 is 0. The van der Waals surface area contributed by atoms with Crippen molar-refractivity contribution < 1.29 is 18.7 Å². The summed E-state index contributed by atoms with van der Waals surface area (Å²) in [5, 5.41) is 7.09. The number of anilines is 1. The topological polar surface area (TPSA) is 102 Å². The van der Waals surface area contributed by atoms with Gasteiger partial charge in [-0.25, -0.2) is 4.39 Å². The van der Waals surface area contributed by atoms with Gasteiger partial charge in [-0.15, -0.1) is 0 Å². The van der Waals surface area contributed by atoms with E-state index in [2.05, 4.69) is 4.98 Å². The fourth-order valence-corrected chi connectivity index (χ4v) is 3.26. The average molecular weight is 400 g/mol. The molecule has 0 aliphatic carbocycles. The number of nitrogens with two attached hydrogens (primary N) is 1. The lowest BCUT2D eigenvalue weighted by atomic mass is 9.95. The smallest absolute Gasteiger partial charge is 0.313 e. The van der Waals surface area contributed by atoms with E-state index in [1.807, 2.05) is 30.9 Å². The van der Waals surface area contributed by atoms with Gasteiger partial charge in [-0.05, 0) is 37.6 Å². The Morgan fingerprint density at radius 2 is 2.10 bits per heavy atom. The van der Waals surface area contributed by atoms with E-state index in [0.717, 1.165) is 11.3 Å². The third-order valence-corrected chi connectivity index (χ3v) is 4.72. The molecule has 2 aromatic rings. The van der Waals surface area contributed by atoms with Crippen molar-refractivity contribution in [1.29, 1.82) is 5.41 Å². The number of hydrogen-bond acceptors (Lipinski definition) is 6. The van der Waals surface area contributed by atoms with Gasteiger partial charge in [0.25, 0.3) is 0 Å². The number of nitrogens with zero attached hydrogens (tertiary/aromatic N) is 2. The van der Waals surface area contributed by atoms with Gasteiger partial charge in [0.2, 0.25) is 0 Å². The van der Waals surface area contributed by atoms with E-state index in [4.69, 9.17) is 20.6 Å². The van der Waals surface area contributed by atoms with Gasteiger partial charge >= 0.3 is 5.97 Å². The number of esters is 1. The van der Waals surface area contributed by atoms with E-state index in [0.29, 0.717) is 25.4 Å². The van der Waals surface area contributed by atoms with Crippen molar-refractivity contribution in [2.45, 2.75) is 39.1 Å². The Kier molecular flexibility index (Phi) is 6.12.